The van der Waals surface area contributed by atoms with Crippen LogP contribution in [0.15, 0.2) is 24.5 Å². The Morgan fingerprint density at radius 3 is 3.00 bits per heavy atom. The Labute approximate surface area is 118 Å². The van der Waals surface area contributed by atoms with Gasteiger partial charge in [-0.3, -0.25) is 9.78 Å². The maximum atomic E-state index is 11.8. The van der Waals surface area contributed by atoms with Gasteiger partial charge in [0.25, 0.3) is 0 Å². The molecule has 0 radical (unpaired) electrons. The molecule has 1 saturated heterocycles. The first-order valence-electron chi connectivity index (χ1n) is 6.67. The standard InChI is InChI=1S/C14H19N3O3/c1-3-5-14(18)17-7-4-6-11(10-17)20-13-9-15-8-12(16-13)19-2/h3,5,8-9,11H,4,6-7,10H2,1-2H3/b5-3+. The molecule has 20 heavy (non-hydrogen) atoms. The molecule has 2 heterocycles. The highest BCUT2D eigenvalue weighted by atomic mass is 16.5. The smallest absolute Gasteiger partial charge is 0.246 e. The van der Waals surface area contributed by atoms with Crippen LogP contribution in [0.5, 0.6) is 11.8 Å². The molecule has 0 N–H and O–H groups in total. The van der Waals surface area contributed by atoms with Crippen LogP contribution < -0.4 is 9.47 Å². The zero-order valence-electron chi connectivity index (χ0n) is 11.8. The molecule has 0 saturated carbocycles. The van der Waals surface area contributed by atoms with E-state index >= 15 is 0 Å². The molecular formula is C14H19N3O3. The minimum Gasteiger partial charge on any atom is -0.480 e. The van der Waals surface area contributed by atoms with Gasteiger partial charge in [-0.25, -0.2) is 0 Å². The molecule has 1 aromatic rings. The topological polar surface area (TPSA) is 64.6 Å². The molecule has 0 spiro atoms. The third-order valence-corrected chi connectivity index (χ3v) is 3.09. The second-order valence-corrected chi connectivity index (χ2v) is 4.57. The first-order chi connectivity index (χ1) is 9.72. The van der Waals surface area contributed by atoms with E-state index in [-0.39, 0.29) is 12.0 Å². The monoisotopic (exact) mass is 277 g/mol. The first-order valence-corrected chi connectivity index (χ1v) is 6.67. The van der Waals surface area contributed by atoms with Crippen LogP contribution in [-0.4, -0.2) is 47.1 Å². The summed E-state index contributed by atoms with van der Waals surface area (Å²) >= 11 is 0. The number of aromatic nitrogens is 2. The molecule has 0 aromatic carbocycles. The van der Waals surface area contributed by atoms with Gasteiger partial charge >= 0.3 is 0 Å². The van der Waals surface area contributed by atoms with E-state index < -0.39 is 0 Å². The lowest BCUT2D eigenvalue weighted by atomic mass is 10.1. The van der Waals surface area contributed by atoms with E-state index in [9.17, 15) is 4.79 Å². The van der Waals surface area contributed by atoms with Gasteiger partial charge in [0.1, 0.15) is 6.10 Å². The Kier molecular flexibility index (Phi) is 4.92. The molecule has 1 atom stereocenters. The normalized spacial score (nSPS) is 19.1. The maximum Gasteiger partial charge on any atom is 0.246 e. The largest absolute Gasteiger partial charge is 0.480 e. The number of likely N-dealkylation sites (tertiary alicyclic amines) is 1. The Morgan fingerprint density at radius 2 is 2.25 bits per heavy atom. The van der Waals surface area contributed by atoms with Crippen molar-refractivity contribution in [2.24, 2.45) is 0 Å². The van der Waals surface area contributed by atoms with Crippen LogP contribution in [0.1, 0.15) is 19.8 Å². The van der Waals surface area contributed by atoms with Crippen molar-refractivity contribution in [1.82, 2.24) is 14.9 Å². The zero-order chi connectivity index (χ0) is 14.4. The minimum absolute atomic E-state index is 0.0255. The Hall–Kier alpha value is -2.11. The lowest BCUT2D eigenvalue weighted by Gasteiger charge is -2.31. The van der Waals surface area contributed by atoms with Crippen LogP contribution in [0, 0.1) is 0 Å². The van der Waals surface area contributed by atoms with Crippen molar-refractivity contribution >= 4 is 5.91 Å². The maximum absolute atomic E-state index is 11.8. The molecule has 6 nitrogen and oxygen atoms in total. The van der Waals surface area contributed by atoms with Crippen molar-refractivity contribution in [1.29, 1.82) is 0 Å². The van der Waals surface area contributed by atoms with E-state index in [4.69, 9.17) is 9.47 Å². The number of amides is 1. The fraction of sp³-hybridized carbons (Fsp3) is 0.500. The van der Waals surface area contributed by atoms with Crippen LogP contribution in [0.4, 0.5) is 0 Å². The average molecular weight is 277 g/mol. The van der Waals surface area contributed by atoms with Crippen molar-refractivity contribution < 1.29 is 14.3 Å². The summed E-state index contributed by atoms with van der Waals surface area (Å²) in [5, 5.41) is 0. The SMILES string of the molecule is C/C=C/C(=O)N1CCCC(Oc2cncc(OC)n2)C1. The van der Waals surface area contributed by atoms with Crippen molar-refractivity contribution in [3.05, 3.63) is 24.5 Å². The molecule has 108 valence electrons. The predicted octanol–water partition coefficient (Wildman–Crippen LogP) is 1.43. The molecule has 1 fully saturated rings. The Morgan fingerprint density at radius 1 is 1.45 bits per heavy atom. The summed E-state index contributed by atoms with van der Waals surface area (Å²) in [4.78, 5) is 21.8. The van der Waals surface area contributed by atoms with Gasteiger partial charge in [-0.1, -0.05) is 6.08 Å². The third kappa shape index (κ3) is 3.69. The molecule has 1 unspecified atom stereocenters. The minimum atomic E-state index is -0.0561. The zero-order valence-corrected chi connectivity index (χ0v) is 11.8. The second kappa shape index (κ2) is 6.88. The molecule has 1 aliphatic rings. The van der Waals surface area contributed by atoms with Gasteiger partial charge in [0.2, 0.25) is 17.7 Å². The third-order valence-electron chi connectivity index (χ3n) is 3.09. The van der Waals surface area contributed by atoms with Gasteiger partial charge in [-0.15, -0.1) is 0 Å². The number of allylic oxidation sites excluding steroid dienone is 1. The van der Waals surface area contributed by atoms with Gasteiger partial charge in [0, 0.05) is 6.54 Å². The number of hydrogen-bond donors (Lipinski definition) is 0. The predicted molar refractivity (Wildman–Crippen MR) is 73.6 cm³/mol. The molecular weight excluding hydrogens is 258 g/mol. The summed E-state index contributed by atoms with van der Waals surface area (Å²) in [5.74, 6) is 0.868. The first kappa shape index (κ1) is 14.3. The molecule has 1 aliphatic heterocycles. The summed E-state index contributed by atoms with van der Waals surface area (Å²) in [6.45, 7) is 3.18. The summed E-state index contributed by atoms with van der Waals surface area (Å²) in [6, 6.07) is 0. The second-order valence-electron chi connectivity index (χ2n) is 4.57. The number of rotatable bonds is 4. The molecule has 0 aliphatic carbocycles. The van der Waals surface area contributed by atoms with E-state index in [0.29, 0.717) is 18.3 Å². The van der Waals surface area contributed by atoms with Crippen molar-refractivity contribution in [2.75, 3.05) is 20.2 Å². The van der Waals surface area contributed by atoms with Crippen molar-refractivity contribution in [2.45, 2.75) is 25.9 Å². The fourth-order valence-electron chi connectivity index (χ4n) is 2.14. The highest BCUT2D eigenvalue weighted by Crippen LogP contribution is 2.18. The van der Waals surface area contributed by atoms with E-state index in [0.717, 1.165) is 19.4 Å². The van der Waals surface area contributed by atoms with Gasteiger partial charge < -0.3 is 14.4 Å². The number of carbonyl (C=O) groups excluding carboxylic acids is 1. The lowest BCUT2D eigenvalue weighted by molar-refractivity contribution is -0.128. The lowest BCUT2D eigenvalue weighted by Crippen LogP contribution is -2.43. The summed E-state index contributed by atoms with van der Waals surface area (Å²) in [5.41, 5.74) is 0. The average Bonchev–Trinajstić information content (AvgIpc) is 2.48. The molecule has 1 amide bonds. The highest BCUT2D eigenvalue weighted by molar-refractivity contribution is 5.87. The number of ether oxygens (including phenoxy) is 2. The van der Waals surface area contributed by atoms with Crippen molar-refractivity contribution in [3.8, 4) is 11.8 Å². The summed E-state index contributed by atoms with van der Waals surface area (Å²) in [6.07, 6.45) is 8.17. The van der Waals surface area contributed by atoms with Crippen LogP contribution in [0.25, 0.3) is 0 Å². The quantitative estimate of drug-likeness (QED) is 0.779. The number of hydrogen-bond acceptors (Lipinski definition) is 5. The fourth-order valence-corrected chi connectivity index (χ4v) is 2.14. The van der Waals surface area contributed by atoms with E-state index in [1.54, 1.807) is 23.2 Å². The number of nitrogens with zero attached hydrogens (tertiary/aromatic N) is 3. The molecule has 1 aromatic heterocycles. The molecule has 2 rings (SSSR count). The van der Waals surface area contributed by atoms with E-state index in [2.05, 4.69) is 9.97 Å². The number of piperidine rings is 1. The van der Waals surface area contributed by atoms with E-state index in [1.165, 1.54) is 13.3 Å². The number of carbonyl (C=O) groups is 1. The van der Waals surface area contributed by atoms with Crippen LogP contribution in [-0.2, 0) is 4.79 Å². The van der Waals surface area contributed by atoms with Crippen LogP contribution in [0.2, 0.25) is 0 Å². The van der Waals surface area contributed by atoms with E-state index in [1.807, 2.05) is 6.92 Å². The van der Waals surface area contributed by atoms with Gasteiger partial charge in [-0.2, -0.15) is 4.98 Å². The van der Waals surface area contributed by atoms with Gasteiger partial charge in [0.05, 0.1) is 26.0 Å². The van der Waals surface area contributed by atoms with Crippen LogP contribution >= 0.6 is 0 Å². The van der Waals surface area contributed by atoms with Crippen LogP contribution in [0.3, 0.4) is 0 Å². The highest BCUT2D eigenvalue weighted by Gasteiger charge is 2.24. The Balaban J connectivity index is 1.97. The summed E-state index contributed by atoms with van der Waals surface area (Å²) < 4.78 is 10.8. The summed E-state index contributed by atoms with van der Waals surface area (Å²) in [7, 11) is 1.53. The molecule has 0 bridgehead atoms. The van der Waals surface area contributed by atoms with Gasteiger partial charge in [-0.05, 0) is 25.8 Å². The van der Waals surface area contributed by atoms with Gasteiger partial charge in [0.15, 0.2) is 0 Å². The number of methoxy groups -OCH3 is 1. The molecule has 6 heteroatoms. The van der Waals surface area contributed by atoms with Crippen molar-refractivity contribution in [3.63, 3.8) is 0 Å². The Bertz CT molecular complexity index is 490.